The van der Waals surface area contributed by atoms with Crippen molar-refractivity contribution in [3.05, 3.63) is 75.4 Å². The van der Waals surface area contributed by atoms with E-state index in [1.165, 1.54) is 6.20 Å². The monoisotopic (exact) mass is 381 g/mol. The summed E-state index contributed by atoms with van der Waals surface area (Å²) in [5, 5.41) is 0.679. The van der Waals surface area contributed by atoms with Gasteiger partial charge in [-0.2, -0.15) is 0 Å². The summed E-state index contributed by atoms with van der Waals surface area (Å²) in [5.41, 5.74) is -0.0445. The van der Waals surface area contributed by atoms with Crippen LogP contribution in [0, 0.1) is 16.1 Å². The van der Waals surface area contributed by atoms with E-state index in [2.05, 4.69) is 4.98 Å². The first-order valence-electron chi connectivity index (χ1n) is 7.32. The number of fused-ring (bicyclic) bond motifs is 1. The maximum Gasteiger partial charge on any atom is 0.341 e. The second-order valence-corrected chi connectivity index (χ2v) is 5.67. The number of esters is 1. The van der Waals surface area contributed by atoms with E-state index < -0.39 is 17.6 Å². The van der Waals surface area contributed by atoms with Crippen LogP contribution < -0.4 is 0 Å². The van der Waals surface area contributed by atoms with Crippen molar-refractivity contribution in [2.75, 3.05) is 6.61 Å². The predicted molar refractivity (Wildman–Crippen MR) is 96.5 cm³/mol. The van der Waals surface area contributed by atoms with Crippen molar-refractivity contribution in [3.8, 4) is 0 Å². The molecule has 0 atom stereocenters. The number of halogens is 3. The highest BCUT2D eigenvalue weighted by molar-refractivity contribution is 7.71. The number of benzene rings is 2. The van der Waals surface area contributed by atoms with Gasteiger partial charge in [0.25, 0.3) is 0 Å². The van der Waals surface area contributed by atoms with Crippen molar-refractivity contribution in [3.63, 3.8) is 0 Å². The van der Waals surface area contributed by atoms with Crippen molar-refractivity contribution >= 4 is 40.7 Å². The van der Waals surface area contributed by atoms with Crippen molar-refractivity contribution in [2.24, 2.45) is 0 Å². The molecule has 3 nitrogen and oxygen atoms in total. The molecule has 0 amide bonds. The van der Waals surface area contributed by atoms with Gasteiger partial charge in [0, 0.05) is 11.2 Å². The number of rotatable bonds is 2. The Balaban J connectivity index is 0.000000269. The number of carbonyl (C=O) groups excluding carboxylic acids is 1. The molecule has 0 spiro atoms. The van der Waals surface area contributed by atoms with E-state index in [-0.39, 0.29) is 27.6 Å². The lowest BCUT2D eigenvalue weighted by Crippen LogP contribution is -2.07. The standard InChI is InChI=1S/C12H9F2NO2S.C6H5Cl/c1-2-17-12(16)6-5-15-10-8(14)4-3-7(13)9(10)11(6)18;7-6-4-2-1-3-5-6/h3-5H,2H2,1H3,(H,15,18);1-5H. The Labute approximate surface area is 153 Å². The zero-order valence-electron chi connectivity index (χ0n) is 13.2. The first-order chi connectivity index (χ1) is 12.0. The Morgan fingerprint density at radius 1 is 1.16 bits per heavy atom. The SMILES string of the molecule is CCOC(=O)c1c[nH]c2c(F)ccc(F)c2c1=S.Clc1ccccc1. The molecule has 0 saturated carbocycles. The highest BCUT2D eigenvalue weighted by atomic mass is 35.5. The number of H-pyrrole nitrogens is 1. The molecule has 2 aromatic carbocycles. The third-order valence-corrected chi connectivity index (χ3v) is 3.84. The highest BCUT2D eigenvalue weighted by Gasteiger charge is 2.15. The van der Waals surface area contributed by atoms with E-state index in [1.54, 1.807) is 6.92 Å². The molecule has 1 N–H and O–H groups in total. The number of carbonyl (C=O) groups is 1. The van der Waals surface area contributed by atoms with Crippen molar-refractivity contribution in [1.29, 1.82) is 0 Å². The normalized spacial score (nSPS) is 10.1. The van der Waals surface area contributed by atoms with Gasteiger partial charge in [-0.3, -0.25) is 0 Å². The lowest BCUT2D eigenvalue weighted by Gasteiger charge is -2.06. The number of ether oxygens (including phenoxy) is 1. The number of aromatic nitrogens is 1. The van der Waals surface area contributed by atoms with Crippen LogP contribution in [0.3, 0.4) is 0 Å². The summed E-state index contributed by atoms with van der Waals surface area (Å²) in [6.07, 6.45) is 1.23. The predicted octanol–water partition coefficient (Wildman–Crippen LogP) is 5.69. The molecule has 0 fully saturated rings. The summed E-state index contributed by atoms with van der Waals surface area (Å²) in [4.78, 5) is 14.1. The molecule has 0 aliphatic heterocycles. The average Bonchev–Trinajstić information content (AvgIpc) is 2.59. The van der Waals surface area contributed by atoms with Crippen LogP contribution in [0.25, 0.3) is 10.9 Å². The zero-order valence-corrected chi connectivity index (χ0v) is 14.8. The van der Waals surface area contributed by atoms with Crippen LogP contribution in [0.4, 0.5) is 8.78 Å². The minimum absolute atomic E-state index is 0.0175. The fourth-order valence-corrected chi connectivity index (χ4v) is 2.52. The topological polar surface area (TPSA) is 42.1 Å². The Hall–Kier alpha value is -2.31. The second-order valence-electron chi connectivity index (χ2n) is 4.83. The Morgan fingerprint density at radius 2 is 1.80 bits per heavy atom. The van der Waals surface area contributed by atoms with E-state index in [4.69, 9.17) is 28.6 Å². The summed E-state index contributed by atoms with van der Waals surface area (Å²) >= 11 is 10.5. The minimum Gasteiger partial charge on any atom is -0.462 e. The first kappa shape index (κ1) is 19.0. The fraction of sp³-hybridized carbons (Fsp3) is 0.111. The van der Waals surface area contributed by atoms with Crippen LogP contribution >= 0.6 is 23.8 Å². The molecule has 0 saturated heterocycles. The molecule has 0 bridgehead atoms. The molecule has 130 valence electrons. The highest BCUT2D eigenvalue weighted by Crippen LogP contribution is 2.22. The van der Waals surface area contributed by atoms with Crippen LogP contribution in [-0.4, -0.2) is 17.6 Å². The number of hydrogen-bond donors (Lipinski definition) is 1. The number of hydrogen-bond acceptors (Lipinski definition) is 3. The lowest BCUT2D eigenvalue weighted by atomic mass is 10.1. The molecular weight excluding hydrogens is 368 g/mol. The molecule has 7 heteroatoms. The molecule has 0 unspecified atom stereocenters. The zero-order chi connectivity index (χ0) is 18.4. The quantitative estimate of drug-likeness (QED) is 0.458. The van der Waals surface area contributed by atoms with Gasteiger partial charge in [-0.1, -0.05) is 42.0 Å². The van der Waals surface area contributed by atoms with Crippen molar-refractivity contribution in [1.82, 2.24) is 4.98 Å². The summed E-state index contributed by atoms with van der Waals surface area (Å²) in [5.74, 6) is -1.98. The summed E-state index contributed by atoms with van der Waals surface area (Å²) in [6, 6.07) is 11.4. The van der Waals surface area contributed by atoms with Gasteiger partial charge in [0.15, 0.2) is 0 Å². The Bertz CT molecular complexity index is 945. The maximum atomic E-state index is 13.7. The molecule has 3 rings (SSSR count). The van der Waals surface area contributed by atoms with E-state index >= 15 is 0 Å². The third-order valence-electron chi connectivity index (χ3n) is 3.16. The largest absolute Gasteiger partial charge is 0.462 e. The second kappa shape index (κ2) is 8.69. The molecule has 0 aliphatic rings. The first-order valence-corrected chi connectivity index (χ1v) is 8.11. The fourth-order valence-electron chi connectivity index (χ4n) is 2.03. The van der Waals surface area contributed by atoms with Gasteiger partial charge in [-0.15, -0.1) is 0 Å². The van der Waals surface area contributed by atoms with Crippen LogP contribution in [0.2, 0.25) is 5.02 Å². The van der Waals surface area contributed by atoms with Crippen LogP contribution in [-0.2, 0) is 4.74 Å². The van der Waals surface area contributed by atoms with Crippen LogP contribution in [0.15, 0.2) is 48.7 Å². The van der Waals surface area contributed by atoms with Gasteiger partial charge in [0.2, 0.25) is 0 Å². The van der Waals surface area contributed by atoms with Gasteiger partial charge >= 0.3 is 5.97 Å². The van der Waals surface area contributed by atoms with Gasteiger partial charge in [-0.05, 0) is 31.2 Å². The van der Waals surface area contributed by atoms with Crippen molar-refractivity contribution in [2.45, 2.75) is 6.92 Å². The molecular formula is C18H14ClF2NO2S. The van der Waals surface area contributed by atoms with E-state index in [1.807, 2.05) is 30.3 Å². The maximum absolute atomic E-state index is 13.7. The summed E-state index contributed by atoms with van der Waals surface area (Å²) < 4.78 is 31.8. The third kappa shape index (κ3) is 4.61. The van der Waals surface area contributed by atoms with Crippen LogP contribution in [0.5, 0.6) is 0 Å². The molecule has 3 aromatic rings. The van der Waals surface area contributed by atoms with E-state index in [9.17, 15) is 13.6 Å². The molecule has 0 radical (unpaired) electrons. The Morgan fingerprint density at radius 3 is 2.36 bits per heavy atom. The number of pyridine rings is 1. The summed E-state index contributed by atoms with van der Waals surface area (Å²) in [6.45, 7) is 1.82. The van der Waals surface area contributed by atoms with E-state index in [0.717, 1.165) is 17.2 Å². The van der Waals surface area contributed by atoms with Gasteiger partial charge < -0.3 is 9.72 Å². The summed E-state index contributed by atoms with van der Waals surface area (Å²) in [7, 11) is 0. The van der Waals surface area contributed by atoms with Gasteiger partial charge in [0.05, 0.1) is 27.6 Å². The number of aromatic amines is 1. The molecule has 1 heterocycles. The average molecular weight is 382 g/mol. The molecule has 1 aromatic heterocycles. The minimum atomic E-state index is -0.682. The smallest absolute Gasteiger partial charge is 0.341 e. The number of nitrogens with one attached hydrogen (secondary N) is 1. The molecule has 25 heavy (non-hydrogen) atoms. The van der Waals surface area contributed by atoms with E-state index in [0.29, 0.717) is 0 Å². The van der Waals surface area contributed by atoms with Crippen LogP contribution in [0.1, 0.15) is 17.3 Å². The van der Waals surface area contributed by atoms with Gasteiger partial charge in [-0.25, -0.2) is 13.6 Å². The lowest BCUT2D eigenvalue weighted by molar-refractivity contribution is 0.0525. The molecule has 0 aliphatic carbocycles. The Kier molecular flexibility index (Phi) is 6.61. The van der Waals surface area contributed by atoms with Gasteiger partial charge in [0.1, 0.15) is 11.6 Å². The van der Waals surface area contributed by atoms with Crippen molar-refractivity contribution < 1.29 is 18.3 Å².